The molecule has 5 nitrogen and oxygen atoms in total. The van der Waals surface area contributed by atoms with Crippen LogP contribution in [0, 0.1) is 6.92 Å². The summed E-state index contributed by atoms with van der Waals surface area (Å²) in [6.07, 6.45) is 6.01. The van der Waals surface area contributed by atoms with Gasteiger partial charge in [-0.05, 0) is 32.4 Å². The number of nitrogens with one attached hydrogen (secondary N) is 1. The number of anilines is 1. The van der Waals surface area contributed by atoms with Crippen LogP contribution in [0.1, 0.15) is 25.0 Å². The highest BCUT2D eigenvalue weighted by molar-refractivity contribution is 5.24. The highest BCUT2D eigenvalue weighted by atomic mass is 16.5. The minimum atomic E-state index is 0.249. The van der Waals surface area contributed by atoms with E-state index in [1.807, 2.05) is 13.0 Å². The van der Waals surface area contributed by atoms with Crippen molar-refractivity contribution in [2.24, 2.45) is 0 Å². The number of piperidine rings is 1. The van der Waals surface area contributed by atoms with Crippen LogP contribution in [0.15, 0.2) is 12.3 Å². The Morgan fingerprint density at radius 1 is 1.47 bits per heavy atom. The van der Waals surface area contributed by atoms with Crippen LogP contribution in [0.3, 0.4) is 0 Å². The highest BCUT2D eigenvalue weighted by Gasteiger charge is 2.30. The molecule has 104 valence electrons. The molecule has 19 heavy (non-hydrogen) atoms. The minimum Gasteiger partial charge on any atom is -0.373 e. The molecule has 2 unspecified atom stereocenters. The Labute approximate surface area is 114 Å². The highest BCUT2D eigenvalue weighted by Crippen LogP contribution is 2.22. The lowest BCUT2D eigenvalue weighted by Crippen LogP contribution is -2.53. The van der Waals surface area contributed by atoms with Gasteiger partial charge in [-0.2, -0.15) is 0 Å². The number of hydrogen-bond acceptors (Lipinski definition) is 5. The van der Waals surface area contributed by atoms with E-state index in [0.717, 1.165) is 25.4 Å². The molecule has 1 N–H and O–H groups in total. The van der Waals surface area contributed by atoms with Gasteiger partial charge >= 0.3 is 0 Å². The summed E-state index contributed by atoms with van der Waals surface area (Å²) in [4.78, 5) is 11.1. The molecule has 1 aromatic heterocycles. The SMILES string of the molecule is Cc1ccnc(NCC2CN3CCCCC3CO2)n1. The summed E-state index contributed by atoms with van der Waals surface area (Å²) in [6, 6.07) is 2.56. The van der Waals surface area contributed by atoms with E-state index in [4.69, 9.17) is 4.74 Å². The van der Waals surface area contributed by atoms with E-state index < -0.39 is 0 Å². The first-order valence-electron chi connectivity index (χ1n) is 7.20. The van der Waals surface area contributed by atoms with Crippen LogP contribution in [0.2, 0.25) is 0 Å². The largest absolute Gasteiger partial charge is 0.373 e. The summed E-state index contributed by atoms with van der Waals surface area (Å²) in [6.45, 7) is 5.89. The van der Waals surface area contributed by atoms with Gasteiger partial charge in [-0.3, -0.25) is 4.90 Å². The topological polar surface area (TPSA) is 50.3 Å². The number of hydrogen-bond donors (Lipinski definition) is 1. The zero-order valence-electron chi connectivity index (χ0n) is 11.5. The monoisotopic (exact) mass is 262 g/mol. The fourth-order valence-electron chi connectivity index (χ4n) is 2.91. The molecule has 1 aromatic rings. The zero-order valence-corrected chi connectivity index (χ0v) is 11.5. The Morgan fingerprint density at radius 3 is 3.32 bits per heavy atom. The average molecular weight is 262 g/mol. The molecular weight excluding hydrogens is 240 g/mol. The number of aryl methyl sites for hydroxylation is 1. The van der Waals surface area contributed by atoms with Gasteiger partial charge in [-0.15, -0.1) is 0 Å². The number of aromatic nitrogens is 2. The first kappa shape index (κ1) is 12.8. The van der Waals surface area contributed by atoms with E-state index >= 15 is 0 Å². The van der Waals surface area contributed by atoms with Crippen molar-refractivity contribution in [2.45, 2.75) is 38.3 Å². The zero-order chi connectivity index (χ0) is 13.1. The quantitative estimate of drug-likeness (QED) is 0.893. The molecule has 2 saturated heterocycles. The van der Waals surface area contributed by atoms with Crippen molar-refractivity contribution in [3.63, 3.8) is 0 Å². The van der Waals surface area contributed by atoms with Crippen LogP contribution in [-0.4, -0.2) is 53.3 Å². The van der Waals surface area contributed by atoms with Gasteiger partial charge in [-0.1, -0.05) is 6.42 Å². The molecule has 0 aliphatic carbocycles. The summed E-state index contributed by atoms with van der Waals surface area (Å²) in [7, 11) is 0. The van der Waals surface area contributed by atoms with Crippen LogP contribution < -0.4 is 5.32 Å². The lowest BCUT2D eigenvalue weighted by molar-refractivity contribution is -0.0689. The third-order valence-electron chi connectivity index (χ3n) is 3.99. The molecule has 0 bridgehead atoms. The van der Waals surface area contributed by atoms with Gasteiger partial charge in [-0.25, -0.2) is 9.97 Å². The van der Waals surface area contributed by atoms with Crippen molar-refractivity contribution in [3.05, 3.63) is 18.0 Å². The Balaban J connectivity index is 1.51. The normalized spacial score (nSPS) is 27.8. The fourth-order valence-corrected chi connectivity index (χ4v) is 2.91. The van der Waals surface area contributed by atoms with Crippen LogP contribution in [0.25, 0.3) is 0 Å². The Hall–Kier alpha value is -1.20. The first-order chi connectivity index (χ1) is 9.31. The summed E-state index contributed by atoms with van der Waals surface area (Å²) >= 11 is 0. The number of morpholine rings is 1. The smallest absolute Gasteiger partial charge is 0.222 e. The molecule has 0 radical (unpaired) electrons. The molecule has 2 aliphatic heterocycles. The lowest BCUT2D eigenvalue weighted by Gasteiger charge is -2.42. The maximum Gasteiger partial charge on any atom is 0.222 e. The third kappa shape index (κ3) is 3.22. The molecule has 3 heterocycles. The molecule has 2 aliphatic rings. The van der Waals surface area contributed by atoms with E-state index in [1.165, 1.54) is 25.8 Å². The molecule has 0 amide bonds. The first-order valence-corrected chi connectivity index (χ1v) is 7.20. The summed E-state index contributed by atoms with van der Waals surface area (Å²) < 4.78 is 5.94. The van der Waals surface area contributed by atoms with Crippen LogP contribution >= 0.6 is 0 Å². The van der Waals surface area contributed by atoms with Gasteiger partial charge < -0.3 is 10.1 Å². The van der Waals surface area contributed by atoms with Crippen LogP contribution in [0.4, 0.5) is 5.95 Å². The van der Waals surface area contributed by atoms with Gasteiger partial charge in [0, 0.05) is 31.0 Å². The van der Waals surface area contributed by atoms with Crippen LogP contribution in [0.5, 0.6) is 0 Å². The van der Waals surface area contributed by atoms with Crippen molar-refractivity contribution < 1.29 is 4.74 Å². The molecule has 2 atom stereocenters. The molecule has 0 saturated carbocycles. The van der Waals surface area contributed by atoms with E-state index in [-0.39, 0.29) is 6.10 Å². The summed E-state index contributed by atoms with van der Waals surface area (Å²) in [5.74, 6) is 0.698. The lowest BCUT2D eigenvalue weighted by atomic mass is 10.0. The maximum absolute atomic E-state index is 5.94. The van der Waals surface area contributed by atoms with Crippen LogP contribution in [-0.2, 0) is 4.74 Å². The van der Waals surface area contributed by atoms with E-state index in [1.54, 1.807) is 6.20 Å². The second kappa shape index (κ2) is 5.84. The molecule has 3 rings (SSSR count). The second-order valence-corrected chi connectivity index (χ2v) is 5.50. The van der Waals surface area contributed by atoms with Gasteiger partial charge in [0.1, 0.15) is 0 Å². The van der Waals surface area contributed by atoms with E-state index in [0.29, 0.717) is 12.0 Å². The van der Waals surface area contributed by atoms with E-state index in [2.05, 4.69) is 20.2 Å². The van der Waals surface area contributed by atoms with Gasteiger partial charge in [0.25, 0.3) is 0 Å². The molecule has 0 spiro atoms. The summed E-state index contributed by atoms with van der Waals surface area (Å²) in [5, 5.41) is 3.28. The predicted molar refractivity (Wildman–Crippen MR) is 74.2 cm³/mol. The van der Waals surface area contributed by atoms with Gasteiger partial charge in [0.15, 0.2) is 0 Å². The fraction of sp³-hybridized carbons (Fsp3) is 0.714. The molecule has 2 fully saturated rings. The number of fused-ring (bicyclic) bond motifs is 1. The van der Waals surface area contributed by atoms with Crippen molar-refractivity contribution in [2.75, 3.05) is 31.6 Å². The predicted octanol–water partition coefficient (Wildman–Crippen LogP) is 1.45. The van der Waals surface area contributed by atoms with Crippen molar-refractivity contribution in [1.29, 1.82) is 0 Å². The maximum atomic E-state index is 5.94. The van der Waals surface area contributed by atoms with Crippen molar-refractivity contribution in [3.8, 4) is 0 Å². The van der Waals surface area contributed by atoms with Gasteiger partial charge in [0.2, 0.25) is 5.95 Å². The van der Waals surface area contributed by atoms with E-state index in [9.17, 15) is 0 Å². The summed E-state index contributed by atoms with van der Waals surface area (Å²) in [5.41, 5.74) is 0.984. The number of rotatable bonds is 3. The number of ether oxygens (including phenoxy) is 1. The Morgan fingerprint density at radius 2 is 2.42 bits per heavy atom. The van der Waals surface area contributed by atoms with Crippen molar-refractivity contribution >= 4 is 5.95 Å². The standard InChI is InChI=1S/C14H22N4O/c1-11-5-6-15-14(17-11)16-8-13-9-18-7-3-2-4-12(18)10-19-13/h5-6,12-13H,2-4,7-10H2,1H3,(H,15,16,17). The van der Waals surface area contributed by atoms with Gasteiger partial charge in [0.05, 0.1) is 12.7 Å². The minimum absolute atomic E-state index is 0.249. The molecular formula is C14H22N4O. The molecule has 5 heteroatoms. The average Bonchev–Trinajstić information content (AvgIpc) is 2.45. The Kier molecular flexibility index (Phi) is 3.94. The van der Waals surface area contributed by atoms with Crippen molar-refractivity contribution in [1.82, 2.24) is 14.9 Å². The Bertz CT molecular complexity index is 426. The number of nitrogens with zero attached hydrogens (tertiary/aromatic N) is 3. The third-order valence-corrected chi connectivity index (χ3v) is 3.99. The second-order valence-electron chi connectivity index (χ2n) is 5.50. The molecule has 0 aromatic carbocycles.